The molecule has 0 radical (unpaired) electrons. The van der Waals surface area contributed by atoms with Gasteiger partial charge < -0.3 is 19.8 Å². The first kappa shape index (κ1) is 17.2. The highest BCUT2D eigenvalue weighted by molar-refractivity contribution is 7.53. The van der Waals surface area contributed by atoms with Crippen LogP contribution in [-0.4, -0.2) is 21.7 Å². The predicted molar refractivity (Wildman–Crippen MR) is 79.1 cm³/mol. The Hall–Kier alpha value is -1.17. The summed E-state index contributed by atoms with van der Waals surface area (Å²) >= 11 is 0. The molecule has 124 valence electrons. The van der Waals surface area contributed by atoms with Crippen molar-refractivity contribution in [3.8, 4) is 5.75 Å². The van der Waals surface area contributed by atoms with Gasteiger partial charge in [0.2, 0.25) is 0 Å². The molecule has 1 saturated carbocycles. The fourth-order valence-electron chi connectivity index (χ4n) is 2.72. The highest BCUT2D eigenvalue weighted by Gasteiger charge is 2.48. The van der Waals surface area contributed by atoms with E-state index < -0.39 is 19.5 Å². The quantitative estimate of drug-likeness (QED) is 0.714. The average Bonchev–Trinajstić information content (AvgIpc) is 2.42. The lowest BCUT2D eigenvalue weighted by molar-refractivity contribution is -0.0498. The van der Waals surface area contributed by atoms with E-state index in [1.165, 1.54) is 24.3 Å². The second-order valence-corrected chi connectivity index (χ2v) is 7.73. The Bertz CT molecular complexity index is 538. The van der Waals surface area contributed by atoms with Gasteiger partial charge in [-0.05, 0) is 55.9 Å². The van der Waals surface area contributed by atoms with E-state index in [0.717, 1.165) is 12.8 Å². The van der Waals surface area contributed by atoms with E-state index in [1.54, 1.807) is 0 Å². The smallest absolute Gasteiger partial charge is 0.387 e. The maximum absolute atomic E-state index is 12.1. The summed E-state index contributed by atoms with van der Waals surface area (Å²) in [6.45, 7) is -0.847. The van der Waals surface area contributed by atoms with Crippen molar-refractivity contribution in [3.05, 3.63) is 24.3 Å². The van der Waals surface area contributed by atoms with E-state index in [4.69, 9.17) is 0 Å². The Morgan fingerprint density at radius 1 is 1.27 bits per heavy atom. The summed E-state index contributed by atoms with van der Waals surface area (Å²) < 4.78 is 40.4. The molecular formula is C14H20F2NO4P. The zero-order valence-electron chi connectivity index (χ0n) is 12.2. The number of hydrogen-bond acceptors (Lipinski definition) is 3. The van der Waals surface area contributed by atoms with Gasteiger partial charge in [-0.3, -0.25) is 4.57 Å². The molecule has 0 spiro atoms. The van der Waals surface area contributed by atoms with Gasteiger partial charge in [0.15, 0.2) is 0 Å². The Labute approximate surface area is 127 Å². The Morgan fingerprint density at radius 3 is 2.27 bits per heavy atom. The molecule has 0 atom stereocenters. The van der Waals surface area contributed by atoms with Crippen molar-refractivity contribution < 1.29 is 27.9 Å². The van der Waals surface area contributed by atoms with Gasteiger partial charge in [-0.25, -0.2) is 0 Å². The summed E-state index contributed by atoms with van der Waals surface area (Å²) in [5, 5.41) is 1.64. The van der Waals surface area contributed by atoms with E-state index >= 15 is 0 Å². The van der Waals surface area contributed by atoms with E-state index in [1.807, 2.05) is 0 Å². The van der Waals surface area contributed by atoms with E-state index in [0.29, 0.717) is 24.4 Å². The highest BCUT2D eigenvalue weighted by atomic mass is 31.2. The fraction of sp³-hybridized carbons (Fsp3) is 0.571. The molecule has 0 unspecified atom stereocenters. The third-order valence-corrected chi connectivity index (χ3v) is 5.79. The lowest BCUT2D eigenvalue weighted by atomic mass is 9.86. The van der Waals surface area contributed by atoms with Crippen LogP contribution in [0.5, 0.6) is 5.75 Å². The minimum Gasteiger partial charge on any atom is -0.435 e. The fourth-order valence-corrected chi connectivity index (χ4v) is 3.83. The van der Waals surface area contributed by atoms with Crippen LogP contribution in [-0.2, 0) is 4.57 Å². The van der Waals surface area contributed by atoms with Crippen molar-refractivity contribution in [2.75, 3.05) is 5.32 Å². The summed E-state index contributed by atoms with van der Waals surface area (Å²) in [7, 11) is -4.36. The molecule has 0 saturated heterocycles. The van der Waals surface area contributed by atoms with Crippen LogP contribution in [0.1, 0.15) is 32.6 Å². The van der Waals surface area contributed by atoms with Crippen LogP contribution in [0.15, 0.2) is 24.3 Å². The standard InChI is InChI=1S/C14H20F2NO4P/c1-10-6-8-14(9-7-10,22(18,19)20)17-11-2-4-12(5-3-11)21-13(15)16/h2-5,10,13,17H,6-9H2,1H3,(H2,18,19,20). The SMILES string of the molecule is CC1CCC(Nc2ccc(OC(F)F)cc2)(P(=O)(O)O)CC1. The van der Waals surface area contributed by atoms with Gasteiger partial charge in [0, 0.05) is 5.69 Å². The first-order valence-corrected chi connectivity index (χ1v) is 8.72. The van der Waals surface area contributed by atoms with Gasteiger partial charge in [-0.2, -0.15) is 8.78 Å². The normalized spacial score (nSPS) is 26.0. The second kappa shape index (κ2) is 6.52. The van der Waals surface area contributed by atoms with Crippen LogP contribution in [0.25, 0.3) is 0 Å². The molecule has 22 heavy (non-hydrogen) atoms. The zero-order chi connectivity index (χ0) is 16.4. The van der Waals surface area contributed by atoms with E-state index in [-0.39, 0.29) is 5.75 Å². The van der Waals surface area contributed by atoms with Crippen LogP contribution in [0.3, 0.4) is 0 Å². The summed E-state index contributed by atoms with van der Waals surface area (Å²) in [5.74, 6) is 0.436. The average molecular weight is 335 g/mol. The molecule has 0 bridgehead atoms. The van der Waals surface area contributed by atoms with Crippen LogP contribution in [0.2, 0.25) is 0 Å². The van der Waals surface area contributed by atoms with Gasteiger partial charge >= 0.3 is 14.2 Å². The largest absolute Gasteiger partial charge is 0.435 e. The molecule has 0 aromatic heterocycles. The maximum atomic E-state index is 12.1. The monoisotopic (exact) mass is 335 g/mol. The molecule has 1 aliphatic carbocycles. The Morgan fingerprint density at radius 2 is 1.82 bits per heavy atom. The number of hydrogen-bond donors (Lipinski definition) is 3. The second-order valence-electron chi connectivity index (χ2n) is 5.79. The van der Waals surface area contributed by atoms with Gasteiger partial charge in [-0.15, -0.1) is 0 Å². The number of anilines is 1. The number of halogens is 2. The predicted octanol–water partition coefficient (Wildman–Crippen LogP) is 3.78. The Balaban J connectivity index is 2.16. The third-order valence-electron chi connectivity index (χ3n) is 4.12. The van der Waals surface area contributed by atoms with Crippen LogP contribution in [0.4, 0.5) is 14.5 Å². The van der Waals surface area contributed by atoms with Crippen molar-refractivity contribution in [1.29, 1.82) is 0 Å². The molecule has 5 nitrogen and oxygen atoms in total. The van der Waals surface area contributed by atoms with Crippen molar-refractivity contribution in [3.63, 3.8) is 0 Å². The molecule has 8 heteroatoms. The molecule has 1 fully saturated rings. The van der Waals surface area contributed by atoms with Crippen molar-refractivity contribution in [2.24, 2.45) is 5.92 Å². The van der Waals surface area contributed by atoms with Crippen LogP contribution >= 0.6 is 7.60 Å². The number of nitrogens with one attached hydrogen (secondary N) is 1. The summed E-state index contributed by atoms with van der Waals surface area (Å²) in [5.41, 5.74) is 0.472. The molecule has 1 aliphatic rings. The molecular weight excluding hydrogens is 315 g/mol. The maximum Gasteiger partial charge on any atom is 0.387 e. The molecule has 0 heterocycles. The minimum atomic E-state index is -4.36. The first-order valence-electron chi connectivity index (χ1n) is 7.10. The molecule has 3 N–H and O–H groups in total. The van der Waals surface area contributed by atoms with Gasteiger partial charge in [-0.1, -0.05) is 6.92 Å². The van der Waals surface area contributed by atoms with Crippen LogP contribution < -0.4 is 10.1 Å². The van der Waals surface area contributed by atoms with Crippen molar-refractivity contribution >= 4 is 13.3 Å². The number of benzene rings is 1. The van der Waals surface area contributed by atoms with Gasteiger partial charge in [0.05, 0.1) is 0 Å². The number of alkyl halides is 2. The summed E-state index contributed by atoms with van der Waals surface area (Å²) in [6, 6.07) is 5.64. The molecule has 2 rings (SSSR count). The van der Waals surface area contributed by atoms with Crippen LogP contribution in [0, 0.1) is 5.92 Å². The lowest BCUT2D eigenvalue weighted by Gasteiger charge is -2.40. The molecule has 0 aliphatic heterocycles. The van der Waals surface area contributed by atoms with Crippen molar-refractivity contribution in [1.82, 2.24) is 0 Å². The number of ether oxygens (including phenoxy) is 1. The molecule has 1 aromatic rings. The lowest BCUT2D eigenvalue weighted by Crippen LogP contribution is -2.41. The molecule has 1 aromatic carbocycles. The summed E-state index contributed by atoms with van der Waals surface area (Å²) in [4.78, 5) is 19.5. The molecule has 0 amide bonds. The van der Waals surface area contributed by atoms with E-state index in [9.17, 15) is 23.1 Å². The van der Waals surface area contributed by atoms with Gasteiger partial charge in [0.25, 0.3) is 0 Å². The summed E-state index contributed by atoms with van der Waals surface area (Å²) in [6.07, 6.45) is 2.19. The topological polar surface area (TPSA) is 78.8 Å². The third kappa shape index (κ3) is 3.97. The Kier molecular flexibility index (Phi) is 5.10. The van der Waals surface area contributed by atoms with E-state index in [2.05, 4.69) is 17.0 Å². The van der Waals surface area contributed by atoms with Gasteiger partial charge in [0.1, 0.15) is 11.0 Å². The minimum absolute atomic E-state index is 0.00282. The first-order chi connectivity index (χ1) is 10.2. The zero-order valence-corrected chi connectivity index (χ0v) is 13.1. The van der Waals surface area contributed by atoms with Crippen molar-refractivity contribution in [2.45, 2.75) is 44.5 Å². The highest BCUT2D eigenvalue weighted by Crippen LogP contribution is 2.58. The number of rotatable bonds is 5.